The Morgan fingerprint density at radius 1 is 1.29 bits per heavy atom. The van der Waals surface area contributed by atoms with Crippen molar-refractivity contribution in [1.82, 2.24) is 9.62 Å². The van der Waals surface area contributed by atoms with E-state index in [1.165, 1.54) is 6.07 Å². The van der Waals surface area contributed by atoms with E-state index < -0.39 is 10.0 Å². The van der Waals surface area contributed by atoms with E-state index in [0.29, 0.717) is 12.2 Å². The Kier molecular flexibility index (Phi) is 6.19. The first kappa shape index (κ1) is 17.9. The Morgan fingerprint density at radius 3 is 2.33 bits per heavy atom. The molecule has 0 aliphatic heterocycles. The number of benzene rings is 1. The molecule has 0 heterocycles. The van der Waals surface area contributed by atoms with Crippen molar-refractivity contribution in [2.75, 3.05) is 26.4 Å². The molecule has 1 aromatic rings. The first-order chi connectivity index (χ1) is 9.67. The standard InChI is InChI=1S/C15H27N3O2S/c1-6-12-7-8-13(9-14(12)16)21(19,20)17-15(11(2)3)10-18(4)5/h7-9,11,15,17H,6,10,16H2,1-5H3. The molecule has 0 radical (unpaired) electrons. The molecule has 0 saturated heterocycles. The molecule has 6 heteroatoms. The van der Waals surface area contributed by atoms with E-state index in [0.717, 1.165) is 12.0 Å². The van der Waals surface area contributed by atoms with Gasteiger partial charge in [-0.05, 0) is 44.1 Å². The molecule has 0 saturated carbocycles. The first-order valence-electron chi connectivity index (χ1n) is 7.22. The second-order valence-corrected chi connectivity index (χ2v) is 7.66. The van der Waals surface area contributed by atoms with Crippen molar-refractivity contribution in [3.8, 4) is 0 Å². The van der Waals surface area contributed by atoms with Gasteiger partial charge in [-0.25, -0.2) is 13.1 Å². The lowest BCUT2D eigenvalue weighted by atomic mass is 10.1. The van der Waals surface area contributed by atoms with Crippen molar-refractivity contribution in [1.29, 1.82) is 0 Å². The highest BCUT2D eigenvalue weighted by Gasteiger charge is 2.23. The van der Waals surface area contributed by atoms with E-state index in [9.17, 15) is 8.42 Å². The number of aryl methyl sites for hydroxylation is 1. The van der Waals surface area contributed by atoms with Crippen LogP contribution in [0.15, 0.2) is 23.1 Å². The third-order valence-electron chi connectivity index (χ3n) is 3.48. The van der Waals surface area contributed by atoms with Gasteiger partial charge in [-0.1, -0.05) is 26.8 Å². The molecule has 0 aliphatic rings. The van der Waals surface area contributed by atoms with E-state index in [2.05, 4.69) is 4.72 Å². The molecular weight excluding hydrogens is 286 g/mol. The highest BCUT2D eigenvalue weighted by atomic mass is 32.2. The number of anilines is 1. The van der Waals surface area contributed by atoms with E-state index >= 15 is 0 Å². The van der Waals surface area contributed by atoms with E-state index in [-0.39, 0.29) is 16.9 Å². The summed E-state index contributed by atoms with van der Waals surface area (Å²) < 4.78 is 27.8. The lowest BCUT2D eigenvalue weighted by molar-refractivity contribution is 0.314. The highest BCUT2D eigenvalue weighted by molar-refractivity contribution is 7.89. The molecule has 0 aliphatic carbocycles. The quantitative estimate of drug-likeness (QED) is 0.751. The summed E-state index contributed by atoms with van der Waals surface area (Å²) in [4.78, 5) is 2.20. The Hall–Kier alpha value is -1.11. The predicted octanol–water partition coefficient (Wildman–Crippen LogP) is 1.70. The minimum Gasteiger partial charge on any atom is -0.398 e. The van der Waals surface area contributed by atoms with E-state index in [1.807, 2.05) is 39.8 Å². The number of nitrogens with one attached hydrogen (secondary N) is 1. The van der Waals surface area contributed by atoms with Crippen molar-refractivity contribution < 1.29 is 8.42 Å². The molecule has 1 aromatic carbocycles. The minimum absolute atomic E-state index is 0.142. The Bertz CT molecular complexity index is 568. The van der Waals surface area contributed by atoms with Crippen LogP contribution in [0.4, 0.5) is 5.69 Å². The van der Waals surface area contributed by atoms with Crippen LogP contribution in [0.2, 0.25) is 0 Å². The number of nitrogen functional groups attached to an aromatic ring is 1. The maximum Gasteiger partial charge on any atom is 0.240 e. The first-order valence-corrected chi connectivity index (χ1v) is 8.71. The van der Waals surface area contributed by atoms with Gasteiger partial charge in [-0.15, -0.1) is 0 Å². The Labute approximate surface area is 128 Å². The number of hydrogen-bond acceptors (Lipinski definition) is 4. The van der Waals surface area contributed by atoms with E-state index in [1.54, 1.807) is 12.1 Å². The zero-order chi connectivity index (χ0) is 16.2. The molecule has 0 aromatic heterocycles. The van der Waals surface area contributed by atoms with Crippen LogP contribution < -0.4 is 10.5 Å². The third kappa shape index (κ3) is 4.98. The molecule has 0 fully saturated rings. The van der Waals surface area contributed by atoms with Crippen LogP contribution in [0.25, 0.3) is 0 Å². The van der Waals surface area contributed by atoms with Crippen molar-refractivity contribution in [2.45, 2.75) is 38.1 Å². The van der Waals surface area contributed by atoms with E-state index in [4.69, 9.17) is 5.73 Å². The maximum absolute atomic E-state index is 12.5. The van der Waals surface area contributed by atoms with Gasteiger partial charge in [0.25, 0.3) is 0 Å². The zero-order valence-electron chi connectivity index (χ0n) is 13.6. The van der Waals surface area contributed by atoms with Gasteiger partial charge in [0.1, 0.15) is 0 Å². The Balaban J connectivity index is 3.01. The molecule has 5 nitrogen and oxygen atoms in total. The van der Waals surface area contributed by atoms with Crippen molar-refractivity contribution >= 4 is 15.7 Å². The predicted molar refractivity (Wildman–Crippen MR) is 87.7 cm³/mol. The second kappa shape index (κ2) is 7.24. The Morgan fingerprint density at radius 2 is 1.90 bits per heavy atom. The summed E-state index contributed by atoms with van der Waals surface area (Å²) in [5.41, 5.74) is 7.38. The fourth-order valence-electron chi connectivity index (χ4n) is 2.11. The lowest BCUT2D eigenvalue weighted by Gasteiger charge is -2.25. The summed E-state index contributed by atoms with van der Waals surface area (Å²) in [7, 11) is 0.302. The molecule has 3 N–H and O–H groups in total. The summed E-state index contributed by atoms with van der Waals surface area (Å²) >= 11 is 0. The minimum atomic E-state index is -3.55. The molecule has 21 heavy (non-hydrogen) atoms. The smallest absolute Gasteiger partial charge is 0.240 e. The fraction of sp³-hybridized carbons (Fsp3) is 0.600. The largest absolute Gasteiger partial charge is 0.398 e. The van der Waals surface area contributed by atoms with Gasteiger partial charge in [0.05, 0.1) is 4.90 Å². The van der Waals surface area contributed by atoms with Gasteiger partial charge >= 0.3 is 0 Å². The number of nitrogens with zero attached hydrogens (tertiary/aromatic N) is 1. The SMILES string of the molecule is CCc1ccc(S(=O)(=O)NC(CN(C)C)C(C)C)cc1N. The molecule has 0 bridgehead atoms. The van der Waals surface area contributed by atoms with Gasteiger partial charge in [0.2, 0.25) is 10.0 Å². The fourth-order valence-corrected chi connectivity index (χ4v) is 3.52. The summed E-state index contributed by atoms with van der Waals surface area (Å²) in [6.45, 7) is 6.65. The van der Waals surface area contributed by atoms with Gasteiger partial charge in [-0.2, -0.15) is 0 Å². The highest BCUT2D eigenvalue weighted by Crippen LogP contribution is 2.19. The van der Waals surface area contributed by atoms with Gasteiger partial charge in [0.15, 0.2) is 0 Å². The van der Waals surface area contributed by atoms with Gasteiger partial charge in [-0.3, -0.25) is 0 Å². The van der Waals surface area contributed by atoms with Crippen LogP contribution in [-0.4, -0.2) is 40.0 Å². The molecule has 0 amide bonds. The molecule has 1 unspecified atom stereocenters. The average Bonchev–Trinajstić information content (AvgIpc) is 2.36. The van der Waals surface area contributed by atoms with Gasteiger partial charge < -0.3 is 10.6 Å². The summed E-state index contributed by atoms with van der Waals surface area (Å²) in [6.07, 6.45) is 0.787. The van der Waals surface area contributed by atoms with Crippen molar-refractivity contribution in [3.05, 3.63) is 23.8 Å². The van der Waals surface area contributed by atoms with Crippen LogP contribution in [0.1, 0.15) is 26.3 Å². The average molecular weight is 313 g/mol. The molecule has 1 atom stereocenters. The number of hydrogen-bond donors (Lipinski definition) is 2. The van der Waals surface area contributed by atoms with Crippen LogP contribution in [0.3, 0.4) is 0 Å². The van der Waals surface area contributed by atoms with Crippen molar-refractivity contribution in [3.63, 3.8) is 0 Å². The molecule has 1 rings (SSSR count). The number of nitrogens with two attached hydrogens (primary N) is 1. The number of sulfonamides is 1. The monoisotopic (exact) mass is 313 g/mol. The maximum atomic E-state index is 12.5. The van der Waals surface area contributed by atoms with Crippen molar-refractivity contribution in [2.24, 2.45) is 5.92 Å². The van der Waals surface area contributed by atoms with Crippen LogP contribution in [0, 0.1) is 5.92 Å². The zero-order valence-corrected chi connectivity index (χ0v) is 14.4. The number of likely N-dealkylation sites (N-methyl/N-ethyl adjacent to an activating group) is 1. The third-order valence-corrected chi connectivity index (χ3v) is 4.97. The molecule has 120 valence electrons. The summed E-state index contributed by atoms with van der Waals surface area (Å²) in [5.74, 6) is 0.203. The van der Waals surface area contributed by atoms with Crippen LogP contribution in [-0.2, 0) is 16.4 Å². The summed E-state index contributed by atoms with van der Waals surface area (Å²) in [6, 6.07) is 4.79. The number of rotatable bonds is 7. The van der Waals surface area contributed by atoms with Crippen LogP contribution in [0.5, 0.6) is 0 Å². The summed E-state index contributed by atoms with van der Waals surface area (Å²) in [5, 5.41) is 0. The molecular formula is C15H27N3O2S. The van der Waals surface area contributed by atoms with Crippen LogP contribution >= 0.6 is 0 Å². The lowest BCUT2D eigenvalue weighted by Crippen LogP contribution is -2.44. The molecule has 0 spiro atoms. The topological polar surface area (TPSA) is 75.4 Å². The second-order valence-electron chi connectivity index (χ2n) is 5.95. The van der Waals surface area contributed by atoms with Gasteiger partial charge in [0, 0.05) is 18.3 Å². The normalized spacial score (nSPS) is 13.9.